The SMILES string of the molecule is COc1cccc(C(C)C(=O)N[C@H]2CCCNC2)c1. The molecular formula is C15H22N2O2. The number of nitrogens with one attached hydrogen (secondary N) is 2. The first kappa shape index (κ1) is 13.9. The first-order valence-electron chi connectivity index (χ1n) is 6.85. The number of amides is 1. The zero-order valence-electron chi connectivity index (χ0n) is 11.6. The molecule has 1 saturated heterocycles. The van der Waals surface area contributed by atoms with Crippen molar-refractivity contribution in [2.24, 2.45) is 0 Å². The normalized spacial score (nSPS) is 20.6. The summed E-state index contributed by atoms with van der Waals surface area (Å²) in [6.07, 6.45) is 2.18. The van der Waals surface area contributed by atoms with Crippen LogP contribution in [0.3, 0.4) is 0 Å². The molecule has 0 saturated carbocycles. The number of methoxy groups -OCH3 is 1. The van der Waals surface area contributed by atoms with Crippen LogP contribution in [-0.4, -0.2) is 32.1 Å². The average Bonchev–Trinajstić information content (AvgIpc) is 2.47. The van der Waals surface area contributed by atoms with Crippen molar-refractivity contribution >= 4 is 5.91 Å². The number of ether oxygens (including phenoxy) is 1. The predicted octanol–water partition coefficient (Wildman–Crippen LogP) is 1.67. The lowest BCUT2D eigenvalue weighted by molar-refractivity contribution is -0.123. The van der Waals surface area contributed by atoms with Gasteiger partial charge in [-0.15, -0.1) is 0 Å². The Labute approximate surface area is 114 Å². The van der Waals surface area contributed by atoms with Crippen LogP contribution in [0.15, 0.2) is 24.3 Å². The lowest BCUT2D eigenvalue weighted by Crippen LogP contribution is -2.46. The number of piperidine rings is 1. The van der Waals surface area contributed by atoms with Gasteiger partial charge in [0, 0.05) is 12.6 Å². The molecule has 1 aliphatic rings. The van der Waals surface area contributed by atoms with Crippen molar-refractivity contribution in [1.82, 2.24) is 10.6 Å². The highest BCUT2D eigenvalue weighted by molar-refractivity contribution is 5.83. The lowest BCUT2D eigenvalue weighted by Gasteiger charge is -2.25. The lowest BCUT2D eigenvalue weighted by atomic mass is 9.99. The minimum atomic E-state index is -0.156. The van der Waals surface area contributed by atoms with Gasteiger partial charge >= 0.3 is 0 Å². The molecule has 1 aromatic rings. The van der Waals surface area contributed by atoms with Crippen molar-refractivity contribution in [1.29, 1.82) is 0 Å². The van der Waals surface area contributed by atoms with Gasteiger partial charge in [0.2, 0.25) is 5.91 Å². The molecule has 2 rings (SSSR count). The van der Waals surface area contributed by atoms with Crippen LogP contribution in [0.5, 0.6) is 5.75 Å². The third kappa shape index (κ3) is 3.70. The molecule has 1 heterocycles. The summed E-state index contributed by atoms with van der Waals surface area (Å²) in [5.74, 6) is 0.718. The molecule has 104 valence electrons. The Hall–Kier alpha value is -1.55. The number of carbonyl (C=O) groups is 1. The van der Waals surface area contributed by atoms with Crippen molar-refractivity contribution in [2.75, 3.05) is 20.2 Å². The molecule has 19 heavy (non-hydrogen) atoms. The van der Waals surface area contributed by atoms with Crippen LogP contribution in [-0.2, 0) is 4.79 Å². The van der Waals surface area contributed by atoms with Gasteiger partial charge in [-0.2, -0.15) is 0 Å². The number of hydrogen-bond acceptors (Lipinski definition) is 3. The third-order valence-electron chi connectivity index (χ3n) is 3.63. The first-order chi connectivity index (χ1) is 9.20. The van der Waals surface area contributed by atoms with E-state index in [0.717, 1.165) is 37.2 Å². The molecule has 1 amide bonds. The molecule has 2 atom stereocenters. The van der Waals surface area contributed by atoms with Crippen LogP contribution in [0, 0.1) is 0 Å². The number of rotatable bonds is 4. The van der Waals surface area contributed by atoms with Crippen LogP contribution < -0.4 is 15.4 Å². The Bertz CT molecular complexity index is 428. The van der Waals surface area contributed by atoms with Gasteiger partial charge in [-0.3, -0.25) is 4.79 Å². The van der Waals surface area contributed by atoms with Crippen LogP contribution in [0.25, 0.3) is 0 Å². The topological polar surface area (TPSA) is 50.4 Å². The third-order valence-corrected chi connectivity index (χ3v) is 3.63. The predicted molar refractivity (Wildman–Crippen MR) is 75.4 cm³/mol. The maximum absolute atomic E-state index is 12.2. The van der Waals surface area contributed by atoms with Crippen molar-refractivity contribution in [3.05, 3.63) is 29.8 Å². The van der Waals surface area contributed by atoms with Gasteiger partial charge in [0.15, 0.2) is 0 Å². The number of benzene rings is 1. The monoisotopic (exact) mass is 262 g/mol. The standard InChI is InChI=1S/C15H22N2O2/c1-11(12-5-3-7-14(9-12)19-2)15(18)17-13-6-4-8-16-10-13/h3,5,7,9,11,13,16H,4,6,8,10H2,1-2H3,(H,17,18)/t11?,13-/m0/s1. The molecule has 0 bridgehead atoms. The van der Waals surface area contributed by atoms with E-state index in [1.807, 2.05) is 31.2 Å². The summed E-state index contributed by atoms with van der Waals surface area (Å²) < 4.78 is 5.19. The van der Waals surface area contributed by atoms with E-state index in [1.165, 1.54) is 0 Å². The quantitative estimate of drug-likeness (QED) is 0.868. The summed E-state index contributed by atoms with van der Waals surface area (Å²) in [7, 11) is 1.64. The van der Waals surface area contributed by atoms with E-state index < -0.39 is 0 Å². The zero-order chi connectivity index (χ0) is 13.7. The molecule has 1 aliphatic heterocycles. The highest BCUT2D eigenvalue weighted by Gasteiger charge is 2.20. The summed E-state index contributed by atoms with van der Waals surface area (Å²) in [6.45, 7) is 3.86. The summed E-state index contributed by atoms with van der Waals surface area (Å²) in [6, 6.07) is 7.95. The fourth-order valence-corrected chi connectivity index (χ4v) is 2.36. The van der Waals surface area contributed by atoms with E-state index in [4.69, 9.17) is 4.74 Å². The Morgan fingerprint density at radius 2 is 2.37 bits per heavy atom. The highest BCUT2D eigenvalue weighted by Crippen LogP contribution is 2.21. The maximum Gasteiger partial charge on any atom is 0.227 e. The van der Waals surface area contributed by atoms with E-state index in [2.05, 4.69) is 10.6 Å². The summed E-state index contributed by atoms with van der Waals surface area (Å²) >= 11 is 0. The largest absolute Gasteiger partial charge is 0.497 e. The van der Waals surface area contributed by atoms with Gasteiger partial charge < -0.3 is 15.4 Å². The molecule has 4 nitrogen and oxygen atoms in total. The van der Waals surface area contributed by atoms with Crippen LogP contribution in [0.4, 0.5) is 0 Å². The summed E-state index contributed by atoms with van der Waals surface area (Å²) in [4.78, 5) is 12.2. The number of hydrogen-bond donors (Lipinski definition) is 2. The fourth-order valence-electron chi connectivity index (χ4n) is 2.36. The molecule has 4 heteroatoms. The molecule has 0 radical (unpaired) electrons. The van der Waals surface area contributed by atoms with E-state index in [0.29, 0.717) is 0 Å². The van der Waals surface area contributed by atoms with Gasteiger partial charge in [0.05, 0.1) is 13.0 Å². The van der Waals surface area contributed by atoms with Crippen molar-refractivity contribution in [2.45, 2.75) is 31.7 Å². The Morgan fingerprint density at radius 3 is 3.05 bits per heavy atom. The Kier molecular flexibility index (Phi) is 4.80. The minimum Gasteiger partial charge on any atom is -0.497 e. The molecule has 0 spiro atoms. The van der Waals surface area contributed by atoms with Gasteiger partial charge in [0.1, 0.15) is 5.75 Å². The van der Waals surface area contributed by atoms with E-state index in [1.54, 1.807) is 7.11 Å². The Balaban J connectivity index is 1.97. The van der Waals surface area contributed by atoms with Gasteiger partial charge in [-0.05, 0) is 44.0 Å². The first-order valence-corrected chi connectivity index (χ1v) is 6.85. The van der Waals surface area contributed by atoms with Gasteiger partial charge in [-0.25, -0.2) is 0 Å². The van der Waals surface area contributed by atoms with E-state index in [9.17, 15) is 4.79 Å². The number of carbonyl (C=O) groups excluding carboxylic acids is 1. The zero-order valence-corrected chi connectivity index (χ0v) is 11.6. The summed E-state index contributed by atoms with van der Waals surface area (Å²) in [5, 5.41) is 6.41. The second-order valence-electron chi connectivity index (χ2n) is 5.05. The van der Waals surface area contributed by atoms with Crippen LogP contribution >= 0.6 is 0 Å². The van der Waals surface area contributed by atoms with E-state index in [-0.39, 0.29) is 17.9 Å². The van der Waals surface area contributed by atoms with Crippen LogP contribution in [0.2, 0.25) is 0 Å². The maximum atomic E-state index is 12.2. The molecule has 1 aromatic carbocycles. The molecule has 1 unspecified atom stereocenters. The van der Waals surface area contributed by atoms with Crippen molar-refractivity contribution in [3.8, 4) is 5.75 Å². The average molecular weight is 262 g/mol. The molecule has 0 aliphatic carbocycles. The van der Waals surface area contributed by atoms with Gasteiger partial charge in [-0.1, -0.05) is 12.1 Å². The molecular weight excluding hydrogens is 240 g/mol. The van der Waals surface area contributed by atoms with Crippen LogP contribution in [0.1, 0.15) is 31.2 Å². The van der Waals surface area contributed by atoms with Crippen molar-refractivity contribution in [3.63, 3.8) is 0 Å². The van der Waals surface area contributed by atoms with Gasteiger partial charge in [0.25, 0.3) is 0 Å². The van der Waals surface area contributed by atoms with E-state index >= 15 is 0 Å². The highest BCUT2D eigenvalue weighted by atomic mass is 16.5. The second-order valence-corrected chi connectivity index (χ2v) is 5.05. The molecule has 1 fully saturated rings. The smallest absolute Gasteiger partial charge is 0.227 e. The molecule has 0 aromatic heterocycles. The minimum absolute atomic E-state index is 0.0851. The second kappa shape index (κ2) is 6.57. The molecule has 2 N–H and O–H groups in total. The summed E-state index contributed by atoms with van der Waals surface area (Å²) in [5.41, 5.74) is 0.987. The Morgan fingerprint density at radius 1 is 1.53 bits per heavy atom. The van der Waals surface area contributed by atoms with Crippen molar-refractivity contribution < 1.29 is 9.53 Å². The fraction of sp³-hybridized carbons (Fsp3) is 0.533.